The molecule has 5 heteroatoms. The summed E-state index contributed by atoms with van der Waals surface area (Å²) in [4.78, 5) is 24.0. The molecule has 2 aromatic carbocycles. The molecule has 0 bridgehead atoms. The highest BCUT2D eigenvalue weighted by atomic mass is 19.1. The van der Waals surface area contributed by atoms with Crippen molar-refractivity contribution in [2.45, 2.75) is 13.0 Å². The van der Waals surface area contributed by atoms with Crippen molar-refractivity contribution in [2.75, 3.05) is 0 Å². The smallest absolute Gasteiger partial charge is 0.326 e. The molecule has 0 spiro atoms. The fourth-order valence-corrected chi connectivity index (χ4v) is 2.62. The number of carbonyl (C=O) groups is 2. The lowest BCUT2D eigenvalue weighted by Crippen LogP contribution is -2.14. The average Bonchev–Trinajstić information content (AvgIpc) is 2.93. The van der Waals surface area contributed by atoms with E-state index >= 15 is 0 Å². The Bertz CT molecular complexity index is 914. The predicted molar refractivity (Wildman–Crippen MR) is 84.1 cm³/mol. The topological polar surface area (TPSA) is 59.3 Å². The van der Waals surface area contributed by atoms with E-state index in [0.29, 0.717) is 16.5 Å². The van der Waals surface area contributed by atoms with Gasteiger partial charge in [0.05, 0.1) is 5.56 Å². The SMILES string of the molecule is C[C@@H](C(=O)O)n1cc(C(=O)c2ccccc2F)c2ccccc21. The maximum Gasteiger partial charge on any atom is 0.326 e. The van der Waals surface area contributed by atoms with Gasteiger partial charge in [0.15, 0.2) is 5.78 Å². The number of carbonyl (C=O) groups excluding carboxylic acids is 1. The van der Waals surface area contributed by atoms with Gasteiger partial charge in [-0.1, -0.05) is 30.3 Å². The third-order valence-corrected chi connectivity index (χ3v) is 3.88. The minimum absolute atomic E-state index is 0.0293. The van der Waals surface area contributed by atoms with Crippen molar-refractivity contribution in [1.82, 2.24) is 4.57 Å². The van der Waals surface area contributed by atoms with Gasteiger partial charge in [-0.15, -0.1) is 0 Å². The van der Waals surface area contributed by atoms with Crippen LogP contribution in [0.1, 0.15) is 28.9 Å². The molecule has 0 aliphatic carbocycles. The normalized spacial score (nSPS) is 12.3. The lowest BCUT2D eigenvalue weighted by atomic mass is 10.0. The largest absolute Gasteiger partial charge is 0.480 e. The molecule has 1 atom stereocenters. The van der Waals surface area contributed by atoms with Crippen LogP contribution < -0.4 is 0 Å². The van der Waals surface area contributed by atoms with Crippen molar-refractivity contribution in [3.63, 3.8) is 0 Å². The van der Waals surface area contributed by atoms with E-state index in [1.54, 1.807) is 30.3 Å². The first kappa shape index (κ1) is 15.0. The van der Waals surface area contributed by atoms with Gasteiger partial charge in [0.1, 0.15) is 11.9 Å². The van der Waals surface area contributed by atoms with E-state index in [2.05, 4.69) is 0 Å². The van der Waals surface area contributed by atoms with Crippen LogP contribution in [0.15, 0.2) is 54.7 Å². The number of rotatable bonds is 4. The number of para-hydroxylation sites is 1. The van der Waals surface area contributed by atoms with Crippen molar-refractivity contribution in [3.8, 4) is 0 Å². The summed E-state index contributed by atoms with van der Waals surface area (Å²) in [7, 11) is 0. The molecule has 3 rings (SSSR count). The lowest BCUT2D eigenvalue weighted by Gasteiger charge is -2.09. The second-order valence-electron chi connectivity index (χ2n) is 5.29. The molecule has 0 radical (unpaired) electrons. The molecular weight excluding hydrogens is 297 g/mol. The molecule has 3 aromatic rings. The van der Waals surface area contributed by atoms with Crippen LogP contribution in [0.2, 0.25) is 0 Å². The first-order valence-electron chi connectivity index (χ1n) is 7.12. The number of nitrogens with zero attached hydrogens (tertiary/aromatic N) is 1. The summed E-state index contributed by atoms with van der Waals surface area (Å²) < 4.78 is 15.4. The van der Waals surface area contributed by atoms with E-state index in [9.17, 15) is 19.1 Å². The Morgan fingerprint density at radius 3 is 2.39 bits per heavy atom. The van der Waals surface area contributed by atoms with Crippen LogP contribution in [0.5, 0.6) is 0 Å². The van der Waals surface area contributed by atoms with Crippen LogP contribution in [-0.4, -0.2) is 21.4 Å². The summed E-state index contributed by atoms with van der Waals surface area (Å²) in [5.74, 6) is -2.06. The predicted octanol–water partition coefficient (Wildman–Crippen LogP) is 3.66. The number of carboxylic acids is 1. The Labute approximate surface area is 131 Å². The van der Waals surface area contributed by atoms with Gasteiger partial charge in [0, 0.05) is 22.7 Å². The molecule has 116 valence electrons. The third-order valence-electron chi connectivity index (χ3n) is 3.88. The van der Waals surface area contributed by atoms with Crippen LogP contribution in [0.3, 0.4) is 0 Å². The van der Waals surface area contributed by atoms with E-state index in [-0.39, 0.29) is 5.56 Å². The lowest BCUT2D eigenvalue weighted by molar-refractivity contribution is -0.140. The fraction of sp³-hybridized carbons (Fsp3) is 0.111. The zero-order valence-corrected chi connectivity index (χ0v) is 12.4. The molecule has 0 unspecified atom stereocenters. The van der Waals surface area contributed by atoms with E-state index in [1.807, 2.05) is 0 Å². The van der Waals surface area contributed by atoms with Gasteiger partial charge in [-0.3, -0.25) is 4.79 Å². The Morgan fingerprint density at radius 2 is 1.70 bits per heavy atom. The molecule has 0 fully saturated rings. The molecule has 0 amide bonds. The number of aliphatic carboxylic acids is 1. The Balaban J connectivity index is 2.21. The fourth-order valence-electron chi connectivity index (χ4n) is 2.62. The molecule has 1 aromatic heterocycles. The summed E-state index contributed by atoms with van der Waals surface area (Å²) >= 11 is 0. The summed E-state index contributed by atoms with van der Waals surface area (Å²) in [5.41, 5.74) is 0.888. The number of ketones is 1. The maximum absolute atomic E-state index is 13.9. The average molecular weight is 311 g/mol. The van der Waals surface area contributed by atoms with Crippen LogP contribution in [-0.2, 0) is 4.79 Å². The molecule has 4 nitrogen and oxygen atoms in total. The summed E-state index contributed by atoms with van der Waals surface area (Å²) in [6.07, 6.45) is 1.48. The summed E-state index contributed by atoms with van der Waals surface area (Å²) in [6.45, 7) is 1.53. The quantitative estimate of drug-likeness (QED) is 0.748. The van der Waals surface area contributed by atoms with Crippen LogP contribution >= 0.6 is 0 Å². The molecule has 0 saturated heterocycles. The molecule has 0 aliphatic rings. The summed E-state index contributed by atoms with van der Waals surface area (Å²) in [5, 5.41) is 9.84. The monoisotopic (exact) mass is 311 g/mol. The van der Waals surface area contributed by atoms with Gasteiger partial charge >= 0.3 is 5.97 Å². The second-order valence-corrected chi connectivity index (χ2v) is 5.29. The first-order valence-corrected chi connectivity index (χ1v) is 7.12. The van der Waals surface area contributed by atoms with Gasteiger partial charge < -0.3 is 9.67 Å². The van der Waals surface area contributed by atoms with Gasteiger partial charge in [-0.05, 0) is 25.1 Å². The van der Waals surface area contributed by atoms with E-state index in [4.69, 9.17) is 0 Å². The molecule has 23 heavy (non-hydrogen) atoms. The van der Waals surface area contributed by atoms with Gasteiger partial charge in [-0.25, -0.2) is 9.18 Å². The van der Waals surface area contributed by atoms with Crippen LogP contribution in [0.4, 0.5) is 4.39 Å². The van der Waals surface area contributed by atoms with Crippen LogP contribution in [0, 0.1) is 5.82 Å². The highest BCUT2D eigenvalue weighted by molar-refractivity contribution is 6.16. The highest BCUT2D eigenvalue weighted by Gasteiger charge is 2.22. The number of benzene rings is 2. The first-order chi connectivity index (χ1) is 11.0. The zero-order chi connectivity index (χ0) is 16.6. The van der Waals surface area contributed by atoms with E-state index in [1.165, 1.54) is 35.9 Å². The van der Waals surface area contributed by atoms with Gasteiger partial charge in [-0.2, -0.15) is 0 Å². The second kappa shape index (κ2) is 5.68. The standard InChI is InChI=1S/C18H14FNO3/c1-11(18(22)23)20-10-14(12-6-3-5-9-16(12)20)17(21)13-7-2-4-8-15(13)19/h2-11H,1H3,(H,22,23)/t11-/m0/s1. The highest BCUT2D eigenvalue weighted by Crippen LogP contribution is 2.27. The van der Waals surface area contributed by atoms with Gasteiger partial charge in [0.2, 0.25) is 0 Å². The molecule has 0 saturated carbocycles. The Kier molecular flexibility index (Phi) is 3.70. The van der Waals surface area contributed by atoms with E-state index in [0.717, 1.165) is 0 Å². The van der Waals surface area contributed by atoms with Crippen molar-refractivity contribution in [1.29, 1.82) is 0 Å². The molecule has 1 N–H and O–H groups in total. The van der Waals surface area contributed by atoms with Crippen molar-refractivity contribution >= 4 is 22.7 Å². The van der Waals surface area contributed by atoms with Crippen molar-refractivity contribution in [3.05, 3.63) is 71.7 Å². The number of halogens is 1. The number of carboxylic acid groups (broad SMARTS) is 1. The minimum atomic E-state index is -1.00. The van der Waals surface area contributed by atoms with Crippen LogP contribution in [0.25, 0.3) is 10.9 Å². The molecule has 0 aliphatic heterocycles. The number of aromatic nitrogens is 1. The minimum Gasteiger partial charge on any atom is -0.480 e. The van der Waals surface area contributed by atoms with Crippen molar-refractivity contribution in [2.24, 2.45) is 0 Å². The number of hydrogen-bond acceptors (Lipinski definition) is 2. The van der Waals surface area contributed by atoms with E-state index < -0.39 is 23.6 Å². The maximum atomic E-state index is 13.9. The van der Waals surface area contributed by atoms with Crippen molar-refractivity contribution < 1.29 is 19.1 Å². The Morgan fingerprint density at radius 1 is 1.04 bits per heavy atom. The Hall–Kier alpha value is -2.95. The van der Waals surface area contributed by atoms with Gasteiger partial charge in [0.25, 0.3) is 0 Å². The summed E-state index contributed by atoms with van der Waals surface area (Å²) in [6, 6.07) is 11.9. The third kappa shape index (κ3) is 2.50. The number of hydrogen-bond donors (Lipinski definition) is 1. The number of fused-ring (bicyclic) bond motifs is 1. The zero-order valence-electron chi connectivity index (χ0n) is 12.4. The molecule has 1 heterocycles. The molecular formula is C18H14FNO3.